The fraction of sp³-hybridized carbons (Fsp3) is 0.900. The number of carbonyl (C=O) groups excluding carboxylic acids is 1. The molecule has 0 spiro atoms. The van der Waals surface area contributed by atoms with Gasteiger partial charge in [-0.3, -0.25) is 4.79 Å². The molecular formula is C10H19NO. The van der Waals surface area contributed by atoms with Crippen LogP contribution >= 0.6 is 0 Å². The topological polar surface area (TPSA) is 29.1 Å². The molecule has 70 valence electrons. The molecule has 1 saturated heterocycles. The van der Waals surface area contributed by atoms with Gasteiger partial charge in [0, 0.05) is 18.4 Å². The van der Waals surface area contributed by atoms with Gasteiger partial charge in [-0.25, -0.2) is 0 Å². The lowest BCUT2D eigenvalue weighted by molar-refractivity contribution is -0.122. The van der Waals surface area contributed by atoms with Gasteiger partial charge in [-0.05, 0) is 25.8 Å². The van der Waals surface area contributed by atoms with E-state index in [0.29, 0.717) is 11.8 Å². The van der Waals surface area contributed by atoms with Crippen LogP contribution in [0.2, 0.25) is 0 Å². The van der Waals surface area contributed by atoms with Crippen molar-refractivity contribution in [2.24, 2.45) is 5.92 Å². The summed E-state index contributed by atoms with van der Waals surface area (Å²) in [4.78, 5) is 11.3. The van der Waals surface area contributed by atoms with E-state index >= 15 is 0 Å². The highest BCUT2D eigenvalue weighted by Gasteiger charge is 2.16. The molecule has 1 heterocycles. The molecule has 0 aliphatic carbocycles. The van der Waals surface area contributed by atoms with E-state index in [9.17, 15) is 4.79 Å². The second kappa shape index (κ2) is 4.61. The fourth-order valence-corrected chi connectivity index (χ4v) is 1.61. The van der Waals surface area contributed by atoms with Crippen LogP contribution in [-0.2, 0) is 4.79 Å². The Balaban J connectivity index is 2.12. The van der Waals surface area contributed by atoms with Crippen LogP contribution in [0.1, 0.15) is 39.5 Å². The summed E-state index contributed by atoms with van der Waals surface area (Å²) in [6.45, 7) is 5.09. The third kappa shape index (κ3) is 2.94. The molecule has 1 aliphatic rings. The third-order valence-electron chi connectivity index (χ3n) is 2.55. The maximum atomic E-state index is 11.3. The molecule has 12 heavy (non-hydrogen) atoms. The number of Topliss-reactive ketones (excluding diaryl/α,β-unsaturated/α-hetero) is 1. The first-order chi connectivity index (χ1) is 5.70. The Labute approximate surface area is 74.7 Å². The van der Waals surface area contributed by atoms with E-state index in [1.165, 1.54) is 12.8 Å². The number of rotatable bonds is 4. The molecule has 1 fully saturated rings. The van der Waals surface area contributed by atoms with Gasteiger partial charge in [0.2, 0.25) is 0 Å². The summed E-state index contributed by atoms with van der Waals surface area (Å²) in [6, 6.07) is 0.618. The number of hydrogen-bond donors (Lipinski definition) is 1. The van der Waals surface area contributed by atoms with Crippen molar-refractivity contribution in [2.45, 2.75) is 45.6 Å². The van der Waals surface area contributed by atoms with Crippen molar-refractivity contribution in [3.63, 3.8) is 0 Å². The number of nitrogens with one attached hydrogen (secondary N) is 1. The Morgan fingerprint density at radius 1 is 1.58 bits per heavy atom. The Kier molecular flexibility index (Phi) is 3.73. The van der Waals surface area contributed by atoms with Crippen molar-refractivity contribution < 1.29 is 4.79 Å². The minimum absolute atomic E-state index is 0.214. The van der Waals surface area contributed by atoms with Crippen LogP contribution in [0.15, 0.2) is 0 Å². The molecule has 0 aromatic heterocycles. The van der Waals surface area contributed by atoms with Gasteiger partial charge in [0.15, 0.2) is 0 Å². The zero-order valence-corrected chi connectivity index (χ0v) is 8.10. The minimum Gasteiger partial charge on any atom is -0.314 e. The monoisotopic (exact) mass is 169 g/mol. The van der Waals surface area contributed by atoms with Gasteiger partial charge in [-0.15, -0.1) is 0 Å². The van der Waals surface area contributed by atoms with Crippen LogP contribution in [0.4, 0.5) is 0 Å². The van der Waals surface area contributed by atoms with Crippen molar-refractivity contribution in [2.75, 3.05) is 6.54 Å². The predicted octanol–water partition coefficient (Wildman–Crippen LogP) is 1.74. The maximum absolute atomic E-state index is 11.3. The lowest BCUT2D eigenvalue weighted by Crippen LogP contribution is -2.22. The summed E-state index contributed by atoms with van der Waals surface area (Å²) in [5.41, 5.74) is 0. The molecule has 1 N–H and O–H groups in total. The first-order valence-electron chi connectivity index (χ1n) is 4.96. The third-order valence-corrected chi connectivity index (χ3v) is 2.55. The quantitative estimate of drug-likeness (QED) is 0.694. The highest BCUT2D eigenvalue weighted by Crippen LogP contribution is 2.12. The molecule has 2 heteroatoms. The average Bonchev–Trinajstić information content (AvgIpc) is 2.51. The molecule has 0 aromatic carbocycles. The Hall–Kier alpha value is -0.370. The standard InChI is InChI=1S/C10H19NO/c1-8(2)10(12)6-5-9-4-3-7-11-9/h8-9,11H,3-7H2,1-2H3/t9-/m0/s1. The number of carbonyl (C=O) groups is 1. The molecule has 0 amide bonds. The summed E-state index contributed by atoms with van der Waals surface area (Å²) in [6.07, 6.45) is 4.33. The van der Waals surface area contributed by atoms with Crippen molar-refractivity contribution in [1.29, 1.82) is 0 Å². The molecule has 0 saturated carbocycles. The zero-order chi connectivity index (χ0) is 8.97. The van der Waals surface area contributed by atoms with Gasteiger partial charge >= 0.3 is 0 Å². The van der Waals surface area contributed by atoms with Crippen LogP contribution in [0.5, 0.6) is 0 Å². The average molecular weight is 169 g/mol. The lowest BCUT2D eigenvalue weighted by atomic mass is 10.0. The Morgan fingerprint density at radius 3 is 2.83 bits per heavy atom. The van der Waals surface area contributed by atoms with Crippen molar-refractivity contribution >= 4 is 5.78 Å². The van der Waals surface area contributed by atoms with E-state index in [1.54, 1.807) is 0 Å². The first-order valence-corrected chi connectivity index (χ1v) is 4.96. The summed E-state index contributed by atoms with van der Waals surface area (Å²) >= 11 is 0. The van der Waals surface area contributed by atoms with Gasteiger partial charge in [-0.2, -0.15) is 0 Å². The summed E-state index contributed by atoms with van der Waals surface area (Å²) in [7, 11) is 0. The smallest absolute Gasteiger partial charge is 0.135 e. The van der Waals surface area contributed by atoms with E-state index in [0.717, 1.165) is 19.4 Å². The lowest BCUT2D eigenvalue weighted by Gasteiger charge is -2.09. The minimum atomic E-state index is 0.214. The van der Waals surface area contributed by atoms with Gasteiger partial charge in [0.25, 0.3) is 0 Å². The Bertz CT molecular complexity index is 148. The highest BCUT2D eigenvalue weighted by atomic mass is 16.1. The van der Waals surface area contributed by atoms with E-state index in [2.05, 4.69) is 5.32 Å². The summed E-state index contributed by atoms with van der Waals surface area (Å²) < 4.78 is 0. The predicted molar refractivity (Wildman–Crippen MR) is 50.1 cm³/mol. The SMILES string of the molecule is CC(C)C(=O)CC[C@@H]1CCCN1. The van der Waals surface area contributed by atoms with Crippen molar-refractivity contribution in [3.05, 3.63) is 0 Å². The van der Waals surface area contributed by atoms with Crippen molar-refractivity contribution in [3.8, 4) is 0 Å². The van der Waals surface area contributed by atoms with Gasteiger partial charge < -0.3 is 5.32 Å². The molecule has 2 nitrogen and oxygen atoms in total. The zero-order valence-electron chi connectivity index (χ0n) is 8.10. The fourth-order valence-electron chi connectivity index (χ4n) is 1.61. The summed E-state index contributed by atoms with van der Waals surface area (Å²) in [5, 5.41) is 3.40. The van der Waals surface area contributed by atoms with Gasteiger partial charge in [-0.1, -0.05) is 13.8 Å². The molecule has 1 rings (SSSR count). The largest absolute Gasteiger partial charge is 0.314 e. The molecular weight excluding hydrogens is 150 g/mol. The molecule has 0 bridgehead atoms. The van der Waals surface area contributed by atoms with Crippen LogP contribution in [-0.4, -0.2) is 18.4 Å². The molecule has 1 aliphatic heterocycles. The van der Waals surface area contributed by atoms with Gasteiger partial charge in [0.05, 0.1) is 0 Å². The van der Waals surface area contributed by atoms with Crippen molar-refractivity contribution in [1.82, 2.24) is 5.32 Å². The van der Waals surface area contributed by atoms with E-state index in [1.807, 2.05) is 13.8 Å². The molecule has 0 aromatic rings. The summed E-state index contributed by atoms with van der Waals surface area (Å²) in [5.74, 6) is 0.620. The number of hydrogen-bond acceptors (Lipinski definition) is 2. The molecule has 0 unspecified atom stereocenters. The second-order valence-corrected chi connectivity index (χ2v) is 3.95. The van der Waals surface area contributed by atoms with Crippen LogP contribution in [0, 0.1) is 5.92 Å². The van der Waals surface area contributed by atoms with Crippen LogP contribution in [0.25, 0.3) is 0 Å². The highest BCUT2D eigenvalue weighted by molar-refractivity contribution is 5.80. The second-order valence-electron chi connectivity index (χ2n) is 3.95. The normalized spacial score (nSPS) is 23.4. The maximum Gasteiger partial charge on any atom is 0.135 e. The van der Waals surface area contributed by atoms with Crippen LogP contribution in [0.3, 0.4) is 0 Å². The van der Waals surface area contributed by atoms with Crippen LogP contribution < -0.4 is 5.32 Å². The molecule has 0 radical (unpaired) electrons. The van der Waals surface area contributed by atoms with E-state index in [-0.39, 0.29) is 5.92 Å². The van der Waals surface area contributed by atoms with Gasteiger partial charge in [0.1, 0.15) is 5.78 Å². The Morgan fingerprint density at radius 2 is 2.33 bits per heavy atom. The first kappa shape index (κ1) is 9.72. The van der Waals surface area contributed by atoms with E-state index in [4.69, 9.17) is 0 Å². The van der Waals surface area contributed by atoms with E-state index < -0.39 is 0 Å². The molecule has 1 atom stereocenters. The number of ketones is 1.